The third kappa shape index (κ3) is 3.96. The molecule has 0 radical (unpaired) electrons. The Balaban J connectivity index is 1.55. The molecule has 0 saturated carbocycles. The minimum absolute atomic E-state index is 0.0570. The van der Waals surface area contributed by atoms with E-state index in [2.05, 4.69) is 27.1 Å². The molecule has 3 rings (SSSR count). The van der Waals surface area contributed by atoms with Crippen LogP contribution < -0.4 is 5.32 Å². The van der Waals surface area contributed by atoms with Crippen LogP contribution in [0.25, 0.3) is 5.82 Å². The Morgan fingerprint density at radius 2 is 2.30 bits per heavy atom. The quantitative estimate of drug-likeness (QED) is 0.915. The van der Waals surface area contributed by atoms with E-state index < -0.39 is 0 Å². The van der Waals surface area contributed by atoms with E-state index in [9.17, 15) is 4.79 Å². The summed E-state index contributed by atoms with van der Waals surface area (Å²) in [6.07, 6.45) is 10.6. The second kappa shape index (κ2) is 7.37. The molecule has 1 aliphatic heterocycles. The lowest BCUT2D eigenvalue weighted by molar-refractivity contribution is 0.0938. The Morgan fingerprint density at radius 3 is 3.09 bits per heavy atom. The average molecular weight is 313 g/mol. The van der Waals surface area contributed by atoms with Gasteiger partial charge in [0.15, 0.2) is 0 Å². The highest BCUT2D eigenvalue weighted by Gasteiger charge is 2.17. The third-order valence-electron chi connectivity index (χ3n) is 4.40. The zero-order valence-electron chi connectivity index (χ0n) is 13.5. The highest BCUT2D eigenvalue weighted by atomic mass is 16.1. The topological polar surface area (TPSA) is 63.1 Å². The molecular weight excluding hydrogens is 290 g/mol. The van der Waals surface area contributed by atoms with Crippen molar-refractivity contribution in [2.75, 3.05) is 19.6 Å². The zero-order chi connectivity index (χ0) is 16.1. The first kappa shape index (κ1) is 15.7. The first-order chi connectivity index (χ1) is 11.2. The Kier molecular flexibility index (Phi) is 5.02. The lowest BCUT2D eigenvalue weighted by atomic mass is 10.0. The van der Waals surface area contributed by atoms with Crippen LogP contribution in [0.15, 0.2) is 37.1 Å². The van der Waals surface area contributed by atoms with Gasteiger partial charge in [-0.15, -0.1) is 0 Å². The van der Waals surface area contributed by atoms with Crippen LogP contribution in [0, 0.1) is 0 Å². The SMILES string of the molecule is C[C@H]1CCCCN1CCNC(=O)c1ccnc(-n2ccnc2)c1. The minimum Gasteiger partial charge on any atom is -0.351 e. The van der Waals surface area contributed by atoms with E-state index >= 15 is 0 Å². The van der Waals surface area contributed by atoms with Crippen molar-refractivity contribution in [3.63, 3.8) is 0 Å². The predicted octanol–water partition coefficient (Wildman–Crippen LogP) is 1.87. The summed E-state index contributed by atoms with van der Waals surface area (Å²) >= 11 is 0. The smallest absolute Gasteiger partial charge is 0.251 e. The number of hydrogen-bond acceptors (Lipinski definition) is 4. The fraction of sp³-hybridized carbons (Fsp3) is 0.471. The maximum Gasteiger partial charge on any atom is 0.251 e. The highest BCUT2D eigenvalue weighted by Crippen LogP contribution is 2.15. The number of rotatable bonds is 5. The van der Waals surface area contributed by atoms with E-state index in [1.165, 1.54) is 19.3 Å². The Labute approximate surface area is 136 Å². The van der Waals surface area contributed by atoms with Crippen LogP contribution >= 0.6 is 0 Å². The molecule has 0 aliphatic carbocycles. The molecule has 3 heterocycles. The number of imidazole rings is 1. The molecule has 0 spiro atoms. The predicted molar refractivity (Wildman–Crippen MR) is 88.6 cm³/mol. The third-order valence-corrected chi connectivity index (χ3v) is 4.40. The van der Waals surface area contributed by atoms with Gasteiger partial charge in [0.25, 0.3) is 5.91 Å². The second-order valence-corrected chi connectivity index (χ2v) is 6.01. The van der Waals surface area contributed by atoms with Gasteiger partial charge in [0, 0.05) is 43.3 Å². The molecule has 6 heteroatoms. The van der Waals surface area contributed by atoms with E-state index in [1.807, 2.05) is 6.20 Å². The van der Waals surface area contributed by atoms with E-state index in [0.29, 0.717) is 24.0 Å². The van der Waals surface area contributed by atoms with Crippen LogP contribution in [0.3, 0.4) is 0 Å². The number of hydrogen-bond donors (Lipinski definition) is 1. The average Bonchev–Trinajstić information content (AvgIpc) is 3.11. The number of likely N-dealkylation sites (tertiary alicyclic amines) is 1. The molecule has 23 heavy (non-hydrogen) atoms. The van der Waals surface area contributed by atoms with Crippen LogP contribution in [0.1, 0.15) is 36.5 Å². The van der Waals surface area contributed by atoms with E-state index in [4.69, 9.17) is 0 Å². The Hall–Kier alpha value is -2.21. The molecule has 2 aromatic heterocycles. The number of amides is 1. The van der Waals surface area contributed by atoms with Gasteiger partial charge >= 0.3 is 0 Å². The molecule has 2 aromatic rings. The van der Waals surface area contributed by atoms with Gasteiger partial charge in [0.1, 0.15) is 12.1 Å². The van der Waals surface area contributed by atoms with Crippen molar-refractivity contribution in [3.05, 3.63) is 42.6 Å². The summed E-state index contributed by atoms with van der Waals surface area (Å²) in [6, 6.07) is 4.13. The lowest BCUT2D eigenvalue weighted by Crippen LogP contribution is -2.42. The number of aromatic nitrogens is 3. The number of piperidine rings is 1. The molecule has 122 valence electrons. The van der Waals surface area contributed by atoms with E-state index in [1.54, 1.807) is 35.4 Å². The van der Waals surface area contributed by atoms with Crippen LogP contribution in [0.4, 0.5) is 0 Å². The second-order valence-electron chi connectivity index (χ2n) is 6.01. The Morgan fingerprint density at radius 1 is 1.39 bits per heavy atom. The van der Waals surface area contributed by atoms with E-state index in [0.717, 1.165) is 13.1 Å². The van der Waals surface area contributed by atoms with E-state index in [-0.39, 0.29) is 5.91 Å². The molecule has 0 aromatic carbocycles. The normalized spacial score (nSPS) is 18.7. The summed E-state index contributed by atoms with van der Waals surface area (Å²) in [6.45, 7) is 4.98. The molecule has 1 saturated heterocycles. The number of nitrogens with one attached hydrogen (secondary N) is 1. The summed E-state index contributed by atoms with van der Waals surface area (Å²) in [5, 5.41) is 3.01. The van der Waals surface area contributed by atoms with Crippen LogP contribution in [0.5, 0.6) is 0 Å². The fourth-order valence-corrected chi connectivity index (χ4v) is 3.00. The number of nitrogens with zero attached hydrogens (tertiary/aromatic N) is 4. The van der Waals surface area contributed by atoms with Crippen molar-refractivity contribution in [3.8, 4) is 5.82 Å². The number of carbonyl (C=O) groups excluding carboxylic acids is 1. The largest absolute Gasteiger partial charge is 0.351 e. The molecule has 1 fully saturated rings. The monoisotopic (exact) mass is 313 g/mol. The maximum atomic E-state index is 12.3. The van der Waals surface area contributed by atoms with Crippen LogP contribution in [-0.2, 0) is 0 Å². The summed E-state index contributed by atoms with van der Waals surface area (Å²) in [5.41, 5.74) is 0.621. The standard InChI is InChI=1S/C17H23N5O/c1-14-4-2-3-9-21(14)11-8-20-17(23)15-5-6-19-16(12-15)22-10-7-18-13-22/h5-7,10,12-14H,2-4,8-9,11H2,1H3,(H,20,23)/t14-/m0/s1. The Bertz CT molecular complexity index is 640. The van der Waals surface area contributed by atoms with Crippen molar-refractivity contribution in [2.24, 2.45) is 0 Å². The molecular formula is C17H23N5O. The summed E-state index contributed by atoms with van der Waals surface area (Å²) in [7, 11) is 0. The molecule has 0 bridgehead atoms. The van der Waals surface area contributed by atoms with Gasteiger partial charge in [-0.3, -0.25) is 14.3 Å². The van der Waals surface area contributed by atoms with Crippen LogP contribution in [0.2, 0.25) is 0 Å². The van der Waals surface area contributed by atoms with Gasteiger partial charge in [-0.2, -0.15) is 0 Å². The van der Waals surface area contributed by atoms with Crippen molar-refractivity contribution in [1.82, 2.24) is 24.8 Å². The van der Waals surface area contributed by atoms with Crippen LogP contribution in [-0.4, -0.2) is 51.0 Å². The number of carbonyl (C=O) groups is 1. The summed E-state index contributed by atoms with van der Waals surface area (Å²) in [5.74, 6) is 0.637. The fourth-order valence-electron chi connectivity index (χ4n) is 3.00. The van der Waals surface area contributed by atoms with Gasteiger partial charge < -0.3 is 5.32 Å². The molecule has 1 aliphatic rings. The molecule has 1 N–H and O–H groups in total. The van der Waals surface area contributed by atoms with Crippen molar-refractivity contribution in [2.45, 2.75) is 32.2 Å². The van der Waals surface area contributed by atoms with Gasteiger partial charge in [-0.1, -0.05) is 6.42 Å². The van der Waals surface area contributed by atoms with Gasteiger partial charge in [-0.25, -0.2) is 9.97 Å². The number of pyridine rings is 1. The minimum atomic E-state index is -0.0570. The first-order valence-electron chi connectivity index (χ1n) is 8.20. The van der Waals surface area contributed by atoms with Crippen molar-refractivity contribution < 1.29 is 4.79 Å². The highest BCUT2D eigenvalue weighted by molar-refractivity contribution is 5.94. The molecule has 0 unspecified atom stereocenters. The molecule has 1 amide bonds. The molecule has 1 atom stereocenters. The first-order valence-corrected chi connectivity index (χ1v) is 8.20. The maximum absolute atomic E-state index is 12.3. The van der Waals surface area contributed by atoms with Gasteiger partial charge in [0.2, 0.25) is 0 Å². The lowest BCUT2D eigenvalue weighted by Gasteiger charge is -2.33. The van der Waals surface area contributed by atoms with Gasteiger partial charge in [-0.05, 0) is 38.4 Å². The van der Waals surface area contributed by atoms with Gasteiger partial charge in [0.05, 0.1) is 0 Å². The zero-order valence-corrected chi connectivity index (χ0v) is 13.5. The van der Waals surface area contributed by atoms with Crippen molar-refractivity contribution >= 4 is 5.91 Å². The molecule has 6 nitrogen and oxygen atoms in total. The summed E-state index contributed by atoms with van der Waals surface area (Å²) in [4.78, 5) is 23.0. The van der Waals surface area contributed by atoms with Crippen molar-refractivity contribution in [1.29, 1.82) is 0 Å². The summed E-state index contributed by atoms with van der Waals surface area (Å²) < 4.78 is 1.78.